The van der Waals surface area contributed by atoms with Crippen LogP contribution in [-0.4, -0.2) is 23.6 Å². The largest absolute Gasteiger partial charge is 0.305 e. The maximum absolute atomic E-state index is 10.0. The van der Waals surface area contributed by atoms with Gasteiger partial charge in [0.1, 0.15) is 12.6 Å². The van der Waals surface area contributed by atoms with Crippen LogP contribution in [0.5, 0.6) is 0 Å². The van der Waals surface area contributed by atoms with Gasteiger partial charge in [0, 0.05) is 12.0 Å². The van der Waals surface area contributed by atoms with Crippen molar-refractivity contribution in [3.05, 3.63) is 71.8 Å². The molecule has 1 unspecified atom stereocenters. The molecule has 2 aromatic rings. The molecule has 1 aliphatic rings. The van der Waals surface area contributed by atoms with E-state index in [1.54, 1.807) is 0 Å². The van der Waals surface area contributed by atoms with Crippen molar-refractivity contribution < 1.29 is 4.48 Å². The van der Waals surface area contributed by atoms with Crippen LogP contribution >= 0.6 is 0 Å². The molecule has 124 valence electrons. The van der Waals surface area contributed by atoms with Gasteiger partial charge in [-0.15, -0.1) is 0 Å². The molecule has 0 saturated carbocycles. The minimum Gasteiger partial charge on any atom is -0.305 e. The molecule has 0 aliphatic carbocycles. The van der Waals surface area contributed by atoms with Gasteiger partial charge in [-0.3, -0.25) is 0 Å². The molecular formula is C22H27N2+. The van der Waals surface area contributed by atoms with Crippen molar-refractivity contribution in [2.45, 2.75) is 44.7 Å². The third-order valence-electron chi connectivity index (χ3n) is 5.38. The lowest BCUT2D eigenvalue weighted by Gasteiger charge is -2.41. The van der Waals surface area contributed by atoms with Crippen LogP contribution < -0.4 is 0 Å². The van der Waals surface area contributed by atoms with Crippen LogP contribution in [0.25, 0.3) is 0 Å². The quantitative estimate of drug-likeness (QED) is 0.732. The van der Waals surface area contributed by atoms with Gasteiger partial charge in [0.05, 0.1) is 13.1 Å². The number of hydrogen-bond acceptors (Lipinski definition) is 1. The summed E-state index contributed by atoms with van der Waals surface area (Å²) in [5.41, 5.74) is 2.63. The first-order valence-electron chi connectivity index (χ1n) is 9.16. The Morgan fingerprint density at radius 2 is 1.33 bits per heavy atom. The zero-order valence-electron chi connectivity index (χ0n) is 14.4. The first-order chi connectivity index (χ1) is 11.8. The molecule has 0 amide bonds. The lowest BCUT2D eigenvalue weighted by atomic mass is 10.0. The average Bonchev–Trinajstić information content (AvgIpc) is 2.88. The smallest absolute Gasteiger partial charge is 0.180 e. The second-order valence-corrected chi connectivity index (χ2v) is 7.06. The molecule has 1 heterocycles. The topological polar surface area (TPSA) is 23.8 Å². The van der Waals surface area contributed by atoms with Crippen LogP contribution in [-0.2, 0) is 13.0 Å². The van der Waals surface area contributed by atoms with Crippen LogP contribution in [0.3, 0.4) is 0 Å². The number of nitrogens with zero attached hydrogens (tertiary/aromatic N) is 2. The SMILES string of the molecule is N#CC(Cc1ccccc1)[N+]1(Cc2ccccc2)CCCCCC1. The fourth-order valence-electron chi connectivity index (χ4n) is 4.04. The molecule has 1 aliphatic heterocycles. The third kappa shape index (κ3) is 4.04. The Kier molecular flexibility index (Phi) is 5.67. The molecule has 0 aromatic heterocycles. The van der Waals surface area contributed by atoms with E-state index in [0.717, 1.165) is 30.5 Å². The van der Waals surface area contributed by atoms with E-state index in [1.807, 2.05) is 6.07 Å². The number of quaternary nitrogens is 1. The molecule has 3 rings (SSSR count). The molecular weight excluding hydrogens is 292 g/mol. The van der Waals surface area contributed by atoms with Crippen molar-refractivity contribution in [2.24, 2.45) is 0 Å². The van der Waals surface area contributed by atoms with E-state index in [0.29, 0.717) is 0 Å². The van der Waals surface area contributed by atoms with Crippen LogP contribution in [0.15, 0.2) is 60.7 Å². The van der Waals surface area contributed by atoms with Gasteiger partial charge in [-0.1, -0.05) is 60.7 Å². The van der Waals surface area contributed by atoms with E-state index >= 15 is 0 Å². The molecule has 0 bridgehead atoms. The summed E-state index contributed by atoms with van der Waals surface area (Å²) in [6.45, 7) is 3.23. The molecule has 0 spiro atoms. The second-order valence-electron chi connectivity index (χ2n) is 7.06. The van der Waals surface area contributed by atoms with Crippen molar-refractivity contribution in [2.75, 3.05) is 13.1 Å². The van der Waals surface area contributed by atoms with E-state index in [-0.39, 0.29) is 6.04 Å². The summed E-state index contributed by atoms with van der Waals surface area (Å²) in [6, 6.07) is 23.9. The van der Waals surface area contributed by atoms with Crippen molar-refractivity contribution in [1.82, 2.24) is 0 Å². The highest BCUT2D eigenvalue weighted by atomic mass is 15.4. The first kappa shape index (κ1) is 16.7. The number of likely N-dealkylation sites (tertiary alicyclic amines) is 1. The Bertz CT molecular complexity index is 649. The maximum atomic E-state index is 10.0. The summed E-state index contributed by atoms with van der Waals surface area (Å²) in [4.78, 5) is 0. The fraction of sp³-hybridized carbons (Fsp3) is 0.409. The van der Waals surface area contributed by atoms with E-state index in [4.69, 9.17) is 0 Å². The Balaban J connectivity index is 1.88. The van der Waals surface area contributed by atoms with Gasteiger partial charge in [-0.05, 0) is 31.2 Å². The van der Waals surface area contributed by atoms with E-state index in [1.165, 1.54) is 36.8 Å². The lowest BCUT2D eigenvalue weighted by molar-refractivity contribution is -0.955. The van der Waals surface area contributed by atoms with Crippen LogP contribution in [0.1, 0.15) is 36.8 Å². The minimum atomic E-state index is 0.0331. The van der Waals surface area contributed by atoms with E-state index in [9.17, 15) is 5.26 Å². The van der Waals surface area contributed by atoms with Gasteiger partial charge in [0.15, 0.2) is 6.04 Å². The summed E-state index contributed by atoms with van der Waals surface area (Å²) in [5, 5.41) is 10.0. The Morgan fingerprint density at radius 3 is 1.88 bits per heavy atom. The fourth-order valence-corrected chi connectivity index (χ4v) is 4.04. The van der Waals surface area contributed by atoms with Gasteiger partial charge in [-0.25, -0.2) is 0 Å². The molecule has 1 fully saturated rings. The molecule has 2 heteroatoms. The van der Waals surface area contributed by atoms with Crippen molar-refractivity contribution >= 4 is 0 Å². The molecule has 1 saturated heterocycles. The van der Waals surface area contributed by atoms with Crippen molar-refractivity contribution in [3.63, 3.8) is 0 Å². The Hall–Kier alpha value is -2.11. The number of rotatable bonds is 5. The summed E-state index contributed by atoms with van der Waals surface area (Å²) in [7, 11) is 0. The summed E-state index contributed by atoms with van der Waals surface area (Å²) < 4.78 is 0.926. The first-order valence-corrected chi connectivity index (χ1v) is 9.16. The lowest BCUT2D eigenvalue weighted by Crippen LogP contribution is -2.55. The van der Waals surface area contributed by atoms with E-state index in [2.05, 4.69) is 60.7 Å². The van der Waals surface area contributed by atoms with Crippen LogP contribution in [0, 0.1) is 11.3 Å². The Labute approximate surface area is 145 Å². The Morgan fingerprint density at radius 1 is 0.792 bits per heavy atom. The van der Waals surface area contributed by atoms with Gasteiger partial charge >= 0.3 is 0 Å². The predicted octanol–water partition coefficient (Wildman–Crippen LogP) is 4.71. The second kappa shape index (κ2) is 8.13. The van der Waals surface area contributed by atoms with Crippen molar-refractivity contribution in [3.8, 4) is 6.07 Å². The third-order valence-corrected chi connectivity index (χ3v) is 5.38. The predicted molar refractivity (Wildman–Crippen MR) is 98.2 cm³/mol. The average molecular weight is 319 g/mol. The molecule has 1 atom stereocenters. The summed E-state index contributed by atoms with van der Waals surface area (Å²) >= 11 is 0. The molecule has 0 N–H and O–H groups in total. The van der Waals surface area contributed by atoms with Crippen LogP contribution in [0.2, 0.25) is 0 Å². The zero-order chi connectivity index (χ0) is 16.7. The van der Waals surface area contributed by atoms with Crippen LogP contribution in [0.4, 0.5) is 0 Å². The zero-order valence-corrected chi connectivity index (χ0v) is 14.4. The number of hydrogen-bond donors (Lipinski definition) is 0. The summed E-state index contributed by atoms with van der Waals surface area (Å²) in [6.07, 6.45) is 5.93. The molecule has 2 aromatic carbocycles. The molecule has 24 heavy (non-hydrogen) atoms. The highest BCUT2D eigenvalue weighted by molar-refractivity contribution is 5.18. The maximum Gasteiger partial charge on any atom is 0.180 e. The van der Waals surface area contributed by atoms with Gasteiger partial charge in [0.25, 0.3) is 0 Å². The van der Waals surface area contributed by atoms with Gasteiger partial charge < -0.3 is 4.48 Å². The normalized spacial score (nSPS) is 18.3. The van der Waals surface area contributed by atoms with Gasteiger partial charge in [-0.2, -0.15) is 5.26 Å². The minimum absolute atomic E-state index is 0.0331. The van der Waals surface area contributed by atoms with Crippen molar-refractivity contribution in [1.29, 1.82) is 5.26 Å². The van der Waals surface area contributed by atoms with Gasteiger partial charge in [0.2, 0.25) is 0 Å². The standard InChI is InChI=1S/C22H27N2/c23-18-22(17-20-11-5-3-6-12-20)24(15-9-1-2-10-16-24)19-21-13-7-4-8-14-21/h3-8,11-14,22H,1-2,9-10,15-17,19H2/q+1. The number of benzene rings is 2. The number of nitriles is 1. The highest BCUT2D eigenvalue weighted by Gasteiger charge is 2.37. The van der Waals surface area contributed by atoms with E-state index < -0.39 is 0 Å². The molecule has 0 radical (unpaired) electrons. The molecule has 2 nitrogen and oxygen atoms in total. The monoisotopic (exact) mass is 319 g/mol. The highest BCUT2D eigenvalue weighted by Crippen LogP contribution is 2.27. The summed E-state index contributed by atoms with van der Waals surface area (Å²) in [5.74, 6) is 0.